The number of nitrogens with zero attached hydrogens (tertiary/aromatic N) is 1. The molecular formula is C32H35NO9. The van der Waals surface area contributed by atoms with E-state index in [-0.39, 0.29) is 51.8 Å². The normalized spacial score (nSPS) is 32.6. The maximum atomic E-state index is 14.7. The average Bonchev–Trinajstić information content (AvgIpc) is 3.15. The summed E-state index contributed by atoms with van der Waals surface area (Å²) in [5.74, 6) is -2.01. The Morgan fingerprint density at radius 3 is 2.50 bits per heavy atom. The summed E-state index contributed by atoms with van der Waals surface area (Å²) in [6.07, 6.45) is -3.37. The third-order valence-electron chi connectivity index (χ3n) is 9.51. The molecule has 7 atom stereocenters. The number of allylic oxidation sites excluding steroid dienone is 2. The van der Waals surface area contributed by atoms with Gasteiger partial charge in [-0.25, -0.2) is 4.79 Å². The van der Waals surface area contributed by atoms with Crippen LogP contribution in [0.25, 0.3) is 5.57 Å². The maximum Gasteiger partial charge on any atom is 0.334 e. The number of phenols is 1. The van der Waals surface area contributed by atoms with Gasteiger partial charge in [0.25, 0.3) is 0 Å². The van der Waals surface area contributed by atoms with Crippen LogP contribution in [0.1, 0.15) is 84.9 Å². The lowest BCUT2D eigenvalue weighted by molar-refractivity contribution is -0.216. The second kappa shape index (κ2) is 9.39. The fourth-order valence-corrected chi connectivity index (χ4v) is 6.91. The van der Waals surface area contributed by atoms with Gasteiger partial charge in [-0.1, -0.05) is 32.4 Å². The summed E-state index contributed by atoms with van der Waals surface area (Å²) in [6.45, 7) is 10.6. The molecule has 1 aliphatic carbocycles. The number of Topliss-reactive ketones (excluding diaryl/α,β-unsaturated/α-hetero) is 2. The Morgan fingerprint density at radius 1 is 1.12 bits per heavy atom. The molecule has 10 heteroatoms. The van der Waals surface area contributed by atoms with Crippen LogP contribution in [0, 0.1) is 12.8 Å². The standard InChI is InChI=1S/C32H35NO9/c1-7-15(3)31(5)30(39)42-32(6)18-11-14(2)12-19(34)24(18)25-26(33(31)32)29(38)23-17(28(25)37)9-8-10-21(23)41-22-13-20(35)27(36)16(4)40-22/h8-12,15-16,20,22,27,34-36H,7,13H2,1-6H3/t15-,16-,20+,22-,27-,31-,32-/m0/s1. The molecule has 4 aliphatic rings. The molecule has 0 spiro atoms. The summed E-state index contributed by atoms with van der Waals surface area (Å²) in [7, 11) is 0. The molecule has 2 aromatic carbocycles. The van der Waals surface area contributed by atoms with Gasteiger partial charge in [0.1, 0.15) is 28.8 Å². The van der Waals surface area contributed by atoms with Crippen molar-refractivity contribution in [2.75, 3.05) is 0 Å². The van der Waals surface area contributed by atoms with Crippen LogP contribution < -0.4 is 4.74 Å². The van der Waals surface area contributed by atoms with E-state index in [0.717, 1.165) is 0 Å². The van der Waals surface area contributed by atoms with Gasteiger partial charge in [-0.3, -0.25) is 9.59 Å². The van der Waals surface area contributed by atoms with E-state index in [2.05, 4.69) is 0 Å². The van der Waals surface area contributed by atoms with Gasteiger partial charge in [-0.15, -0.1) is 0 Å². The number of esters is 1. The molecule has 2 saturated heterocycles. The molecular weight excluding hydrogens is 542 g/mol. The fraction of sp³-hybridized carbons (Fsp3) is 0.469. The minimum absolute atomic E-state index is 0.00327. The van der Waals surface area contributed by atoms with Crippen molar-refractivity contribution in [1.82, 2.24) is 4.90 Å². The Morgan fingerprint density at radius 2 is 1.83 bits per heavy atom. The number of fused-ring (bicyclic) bond motifs is 6. The van der Waals surface area contributed by atoms with Crippen LogP contribution >= 0.6 is 0 Å². The first kappa shape index (κ1) is 28.4. The van der Waals surface area contributed by atoms with Gasteiger partial charge in [-0.2, -0.15) is 0 Å². The Hall–Kier alpha value is -3.73. The third kappa shape index (κ3) is 3.64. The third-order valence-corrected chi connectivity index (χ3v) is 9.51. The molecule has 0 saturated carbocycles. The Labute approximate surface area is 243 Å². The summed E-state index contributed by atoms with van der Waals surface area (Å²) in [5, 5.41) is 31.6. The van der Waals surface area contributed by atoms with Crippen LogP contribution in [0.15, 0.2) is 36.0 Å². The lowest BCUT2D eigenvalue weighted by Gasteiger charge is -2.49. The monoisotopic (exact) mass is 577 g/mol. The first-order valence-electron chi connectivity index (χ1n) is 14.3. The van der Waals surface area contributed by atoms with E-state index in [4.69, 9.17) is 14.2 Å². The molecule has 0 unspecified atom stereocenters. The van der Waals surface area contributed by atoms with Crippen LogP contribution in [0.5, 0.6) is 11.5 Å². The highest BCUT2D eigenvalue weighted by Gasteiger charge is 2.66. The molecule has 3 heterocycles. The van der Waals surface area contributed by atoms with E-state index in [9.17, 15) is 29.7 Å². The lowest BCUT2D eigenvalue weighted by atomic mass is 9.73. The number of phenolic OH excluding ortho intramolecular Hbond substituents is 1. The zero-order chi connectivity index (χ0) is 30.5. The highest BCUT2D eigenvalue weighted by atomic mass is 16.7. The van der Waals surface area contributed by atoms with Crippen LogP contribution in [-0.2, 0) is 20.0 Å². The van der Waals surface area contributed by atoms with E-state index in [1.807, 2.05) is 13.8 Å². The first-order valence-corrected chi connectivity index (χ1v) is 14.3. The number of benzene rings is 2. The van der Waals surface area contributed by atoms with Crippen molar-refractivity contribution in [1.29, 1.82) is 0 Å². The maximum absolute atomic E-state index is 14.7. The van der Waals surface area contributed by atoms with Gasteiger partial charge in [0, 0.05) is 23.1 Å². The van der Waals surface area contributed by atoms with E-state index < -0.39 is 53.4 Å². The van der Waals surface area contributed by atoms with Gasteiger partial charge in [0.15, 0.2) is 5.78 Å². The van der Waals surface area contributed by atoms with E-state index in [1.54, 1.807) is 44.7 Å². The summed E-state index contributed by atoms with van der Waals surface area (Å²) < 4.78 is 17.9. The number of aryl methyl sites for hydroxylation is 1. The summed E-state index contributed by atoms with van der Waals surface area (Å²) >= 11 is 0. The number of aliphatic hydroxyl groups is 2. The van der Waals surface area contributed by atoms with Crippen molar-refractivity contribution in [3.8, 4) is 11.5 Å². The van der Waals surface area contributed by atoms with E-state index in [1.165, 1.54) is 18.2 Å². The van der Waals surface area contributed by atoms with E-state index >= 15 is 0 Å². The molecule has 42 heavy (non-hydrogen) atoms. The molecule has 2 fully saturated rings. The topological polar surface area (TPSA) is 143 Å². The summed E-state index contributed by atoms with van der Waals surface area (Å²) in [4.78, 5) is 44.5. The second-order valence-electron chi connectivity index (χ2n) is 12.1. The minimum Gasteiger partial charge on any atom is -0.507 e. The number of ether oxygens (including phenoxy) is 3. The summed E-state index contributed by atoms with van der Waals surface area (Å²) in [5.41, 5.74) is -1.49. The van der Waals surface area contributed by atoms with E-state index in [0.29, 0.717) is 17.5 Å². The number of ketones is 2. The van der Waals surface area contributed by atoms with Crippen LogP contribution in [-0.4, -0.2) is 67.9 Å². The highest BCUT2D eigenvalue weighted by molar-refractivity contribution is 6.42. The summed E-state index contributed by atoms with van der Waals surface area (Å²) in [6, 6.07) is 7.93. The SMILES string of the molecule is CC[C@H](C)[C@@]1(C)C(=O)O[C@@]2(C)c3cc(C)cc(O)c3C3=C(C(=O)c4c(O[C@H]5C[C@@H](O)[C@@H](O)[C@H](C)O5)cccc4C3=O)N21. The number of carbonyl (C=O) groups excluding carboxylic acids is 3. The predicted octanol–water partition coefficient (Wildman–Crippen LogP) is 3.58. The largest absolute Gasteiger partial charge is 0.507 e. The zero-order valence-corrected chi connectivity index (χ0v) is 24.4. The smallest absolute Gasteiger partial charge is 0.334 e. The van der Waals surface area contributed by atoms with Gasteiger partial charge >= 0.3 is 5.97 Å². The quantitative estimate of drug-likeness (QED) is 0.462. The predicted molar refractivity (Wildman–Crippen MR) is 150 cm³/mol. The second-order valence-corrected chi connectivity index (χ2v) is 12.1. The number of rotatable bonds is 4. The Bertz CT molecular complexity index is 1570. The van der Waals surface area contributed by atoms with Gasteiger partial charge in [0.2, 0.25) is 17.8 Å². The van der Waals surface area contributed by atoms with Crippen molar-refractivity contribution >= 4 is 23.1 Å². The van der Waals surface area contributed by atoms with Crippen LogP contribution in [0.2, 0.25) is 0 Å². The molecule has 3 aliphatic heterocycles. The lowest BCUT2D eigenvalue weighted by Crippen LogP contribution is -2.58. The molecule has 0 aromatic heterocycles. The van der Waals surface area contributed by atoms with Crippen LogP contribution in [0.4, 0.5) is 0 Å². The van der Waals surface area contributed by atoms with Gasteiger partial charge < -0.3 is 34.4 Å². The molecule has 10 nitrogen and oxygen atoms in total. The highest BCUT2D eigenvalue weighted by Crippen LogP contribution is 2.58. The van der Waals surface area contributed by atoms with Crippen molar-refractivity contribution in [3.05, 3.63) is 63.8 Å². The molecule has 0 amide bonds. The average molecular weight is 578 g/mol. The molecule has 222 valence electrons. The number of aliphatic hydroxyl groups excluding tert-OH is 2. The number of hydrogen-bond acceptors (Lipinski definition) is 10. The molecule has 6 rings (SSSR count). The number of aromatic hydroxyl groups is 1. The molecule has 2 aromatic rings. The van der Waals surface area contributed by atoms with Crippen molar-refractivity contribution in [2.45, 2.75) is 90.2 Å². The molecule has 3 N–H and O–H groups in total. The Balaban J connectivity index is 1.58. The molecule has 0 radical (unpaired) electrons. The first-order chi connectivity index (χ1) is 19.7. The van der Waals surface area contributed by atoms with Gasteiger partial charge in [-0.05, 0) is 57.4 Å². The van der Waals surface area contributed by atoms with Crippen LogP contribution in [0.3, 0.4) is 0 Å². The van der Waals surface area contributed by atoms with Gasteiger partial charge in [0.05, 0.1) is 23.3 Å². The fourth-order valence-electron chi connectivity index (χ4n) is 6.91. The Kier molecular flexibility index (Phi) is 6.35. The number of carbonyl (C=O) groups is 3. The number of hydrogen-bond donors (Lipinski definition) is 3. The van der Waals surface area contributed by atoms with Crippen molar-refractivity contribution in [2.24, 2.45) is 5.92 Å². The zero-order valence-electron chi connectivity index (χ0n) is 24.4. The van der Waals surface area contributed by atoms with Crippen molar-refractivity contribution < 1.29 is 43.9 Å². The van der Waals surface area contributed by atoms with Crippen molar-refractivity contribution in [3.63, 3.8) is 0 Å². The molecule has 0 bridgehead atoms. The minimum atomic E-state index is -1.49.